The van der Waals surface area contributed by atoms with Crippen molar-refractivity contribution < 1.29 is 4.79 Å². The number of carbonyl (C=O) groups excluding carboxylic acids is 1. The van der Waals surface area contributed by atoms with Crippen LogP contribution in [0.3, 0.4) is 0 Å². The van der Waals surface area contributed by atoms with Crippen LogP contribution in [0.4, 0.5) is 0 Å². The third-order valence-electron chi connectivity index (χ3n) is 9.59. The van der Waals surface area contributed by atoms with Gasteiger partial charge in [0, 0.05) is 16.7 Å². The zero-order valence-electron chi connectivity index (χ0n) is 24.1. The van der Waals surface area contributed by atoms with E-state index in [-0.39, 0.29) is 27.6 Å². The van der Waals surface area contributed by atoms with Crippen molar-refractivity contribution in [3.63, 3.8) is 0 Å². The summed E-state index contributed by atoms with van der Waals surface area (Å²) < 4.78 is 0. The van der Waals surface area contributed by atoms with E-state index in [0.29, 0.717) is 11.7 Å². The highest BCUT2D eigenvalue weighted by Crippen LogP contribution is 2.62. The van der Waals surface area contributed by atoms with Crippen molar-refractivity contribution in [3.05, 3.63) is 108 Å². The van der Waals surface area contributed by atoms with Gasteiger partial charge in [0.05, 0.1) is 0 Å². The minimum atomic E-state index is -0.251. The van der Waals surface area contributed by atoms with Crippen LogP contribution < -0.4 is 0 Å². The lowest BCUT2D eigenvalue weighted by Crippen LogP contribution is -2.47. The molecule has 3 aromatic carbocycles. The first-order valence-corrected chi connectivity index (χ1v) is 14.2. The van der Waals surface area contributed by atoms with Gasteiger partial charge in [-0.25, -0.2) is 0 Å². The summed E-state index contributed by atoms with van der Waals surface area (Å²) >= 11 is 0. The maximum atomic E-state index is 12.9. The van der Waals surface area contributed by atoms with E-state index in [0.717, 1.165) is 25.7 Å². The molecule has 1 fully saturated rings. The first-order valence-electron chi connectivity index (χ1n) is 14.2. The zero-order valence-corrected chi connectivity index (χ0v) is 24.1. The molecule has 0 heterocycles. The Balaban J connectivity index is 1.91. The fourth-order valence-corrected chi connectivity index (χ4v) is 7.25. The number of hydrogen-bond acceptors (Lipinski definition) is 1. The van der Waals surface area contributed by atoms with Gasteiger partial charge in [-0.1, -0.05) is 146 Å². The van der Waals surface area contributed by atoms with Gasteiger partial charge in [-0.05, 0) is 52.7 Å². The van der Waals surface area contributed by atoms with Crippen LogP contribution in [0.2, 0.25) is 0 Å². The molecule has 0 aromatic heterocycles. The molecule has 2 atom stereocenters. The number of benzene rings is 3. The predicted molar refractivity (Wildman–Crippen MR) is 157 cm³/mol. The van der Waals surface area contributed by atoms with Gasteiger partial charge in [-0.2, -0.15) is 0 Å². The molecule has 0 amide bonds. The Kier molecular flexibility index (Phi) is 7.57. The molecule has 0 aliphatic heterocycles. The summed E-state index contributed by atoms with van der Waals surface area (Å²) in [5.74, 6) is 0.987. The van der Waals surface area contributed by atoms with E-state index in [1.54, 1.807) is 0 Å². The third-order valence-corrected chi connectivity index (χ3v) is 9.59. The van der Waals surface area contributed by atoms with Gasteiger partial charge >= 0.3 is 0 Å². The molecule has 4 rings (SSSR count). The Labute approximate surface area is 225 Å². The van der Waals surface area contributed by atoms with Crippen LogP contribution in [-0.4, -0.2) is 5.78 Å². The largest absolute Gasteiger partial charge is 0.299 e. The van der Waals surface area contributed by atoms with Crippen LogP contribution in [0.25, 0.3) is 0 Å². The second kappa shape index (κ2) is 10.2. The maximum absolute atomic E-state index is 12.9. The van der Waals surface area contributed by atoms with Crippen LogP contribution in [-0.2, 0) is 10.2 Å². The van der Waals surface area contributed by atoms with Gasteiger partial charge in [-0.3, -0.25) is 4.79 Å². The van der Waals surface area contributed by atoms with Crippen molar-refractivity contribution in [1.82, 2.24) is 0 Å². The van der Waals surface area contributed by atoms with Gasteiger partial charge in [0.1, 0.15) is 5.78 Å². The molecule has 1 heteroatoms. The lowest BCUT2D eigenvalue weighted by atomic mass is 9.50. The monoisotopic (exact) mass is 494 g/mol. The quantitative estimate of drug-likeness (QED) is 0.259. The van der Waals surface area contributed by atoms with Crippen LogP contribution in [0.15, 0.2) is 91.0 Å². The Bertz CT molecular complexity index is 1130. The molecule has 1 aliphatic carbocycles. The van der Waals surface area contributed by atoms with Crippen molar-refractivity contribution in [2.45, 2.75) is 85.5 Å². The number of carbonyl (C=O) groups is 1. The standard InChI is InChI=1S/C36H46O/c1-8-18-30(27-19-12-9-13-20-27)33(2,3)26-36(28-21-14-10-15-22-28,29-23-16-11-17-24-29)34(4,5)25-31-32(37)35(31,6)7/h9-17,19-24,30-31H,8,18,25-26H2,1-7H3. The number of ketones is 1. The van der Waals surface area contributed by atoms with Crippen LogP contribution in [0, 0.1) is 22.2 Å². The van der Waals surface area contributed by atoms with Gasteiger partial charge in [0.25, 0.3) is 0 Å². The summed E-state index contributed by atoms with van der Waals surface area (Å²) in [5.41, 5.74) is 3.56. The van der Waals surface area contributed by atoms with Crippen molar-refractivity contribution in [1.29, 1.82) is 0 Å². The molecule has 0 spiro atoms. The minimum absolute atomic E-state index is 0.0173. The summed E-state index contributed by atoms with van der Waals surface area (Å²) in [5, 5.41) is 0. The Morgan fingerprint density at radius 3 is 1.59 bits per heavy atom. The molecule has 0 saturated heterocycles. The minimum Gasteiger partial charge on any atom is -0.299 e. The van der Waals surface area contributed by atoms with E-state index in [4.69, 9.17) is 0 Å². The van der Waals surface area contributed by atoms with Crippen molar-refractivity contribution >= 4 is 5.78 Å². The fourth-order valence-electron chi connectivity index (χ4n) is 7.25. The molecule has 0 radical (unpaired) electrons. The second-order valence-corrected chi connectivity index (χ2v) is 13.3. The van der Waals surface area contributed by atoms with Crippen LogP contribution in [0.5, 0.6) is 0 Å². The topological polar surface area (TPSA) is 17.1 Å². The van der Waals surface area contributed by atoms with Gasteiger partial charge < -0.3 is 0 Å². The highest BCUT2D eigenvalue weighted by molar-refractivity contribution is 6.03. The van der Waals surface area contributed by atoms with Crippen molar-refractivity contribution in [3.8, 4) is 0 Å². The van der Waals surface area contributed by atoms with Crippen molar-refractivity contribution in [2.24, 2.45) is 22.2 Å². The maximum Gasteiger partial charge on any atom is 0.143 e. The SMILES string of the molecule is CCCC(c1ccccc1)C(C)(C)CC(c1ccccc1)(c1ccccc1)C(C)(C)CC1C(=O)C1(C)C. The normalized spacial score (nSPS) is 18.5. The van der Waals surface area contributed by atoms with E-state index in [1.165, 1.54) is 16.7 Å². The molecular formula is C36H46O. The summed E-state index contributed by atoms with van der Waals surface area (Å²) in [6.07, 6.45) is 4.20. The average molecular weight is 495 g/mol. The Hall–Kier alpha value is -2.67. The average Bonchev–Trinajstić information content (AvgIpc) is 3.36. The molecule has 1 nitrogen and oxygen atoms in total. The lowest BCUT2D eigenvalue weighted by Gasteiger charge is -2.53. The van der Waals surface area contributed by atoms with E-state index in [2.05, 4.69) is 139 Å². The van der Waals surface area contributed by atoms with E-state index < -0.39 is 0 Å². The molecule has 0 N–H and O–H groups in total. The molecule has 1 saturated carbocycles. The molecule has 3 aromatic rings. The van der Waals surface area contributed by atoms with Gasteiger partial charge in [0.15, 0.2) is 0 Å². The second-order valence-electron chi connectivity index (χ2n) is 13.3. The molecule has 0 bridgehead atoms. The van der Waals surface area contributed by atoms with Gasteiger partial charge in [-0.15, -0.1) is 0 Å². The van der Waals surface area contributed by atoms with Gasteiger partial charge in [0.2, 0.25) is 0 Å². The summed E-state index contributed by atoms with van der Waals surface area (Å²) in [6, 6.07) is 33.4. The molecule has 37 heavy (non-hydrogen) atoms. The highest BCUT2D eigenvalue weighted by Gasteiger charge is 2.61. The fraction of sp³-hybridized carbons (Fsp3) is 0.472. The first kappa shape index (κ1) is 27.4. The molecule has 2 unspecified atom stereocenters. The molecule has 1 aliphatic rings. The summed E-state index contributed by atoms with van der Waals surface area (Å²) in [7, 11) is 0. The van der Waals surface area contributed by atoms with Crippen molar-refractivity contribution in [2.75, 3.05) is 0 Å². The van der Waals surface area contributed by atoms with E-state index in [1.807, 2.05) is 0 Å². The van der Waals surface area contributed by atoms with Crippen LogP contribution in [0.1, 0.15) is 96.8 Å². The number of rotatable bonds is 11. The Morgan fingerprint density at radius 2 is 1.19 bits per heavy atom. The lowest BCUT2D eigenvalue weighted by molar-refractivity contribution is -0.113. The zero-order chi connectivity index (χ0) is 26.9. The Morgan fingerprint density at radius 1 is 0.757 bits per heavy atom. The van der Waals surface area contributed by atoms with Crippen LogP contribution >= 0.6 is 0 Å². The summed E-state index contributed by atoms with van der Waals surface area (Å²) in [4.78, 5) is 12.9. The predicted octanol–water partition coefficient (Wildman–Crippen LogP) is 9.61. The molecule has 196 valence electrons. The first-order chi connectivity index (χ1) is 17.5. The smallest absolute Gasteiger partial charge is 0.143 e. The molecular weight excluding hydrogens is 448 g/mol. The summed E-state index contributed by atoms with van der Waals surface area (Å²) in [6.45, 7) is 16.3. The highest BCUT2D eigenvalue weighted by atomic mass is 16.1. The van der Waals surface area contributed by atoms with E-state index >= 15 is 0 Å². The number of Topliss-reactive ketones (excluding diaryl/α,β-unsaturated/α-hetero) is 1. The number of hydrogen-bond donors (Lipinski definition) is 0. The third kappa shape index (κ3) is 5.07. The van der Waals surface area contributed by atoms with E-state index in [9.17, 15) is 4.79 Å².